The van der Waals surface area contributed by atoms with E-state index >= 15 is 0 Å². The van der Waals surface area contributed by atoms with Crippen molar-refractivity contribution in [2.75, 3.05) is 0 Å². The SMILES string of the molecule is Cc1cccc(Cl)c1C1CC1C(=O)O. The van der Waals surface area contributed by atoms with Crippen molar-refractivity contribution in [1.82, 2.24) is 0 Å². The lowest BCUT2D eigenvalue weighted by Crippen LogP contribution is -2.00. The van der Waals surface area contributed by atoms with Crippen molar-refractivity contribution in [2.45, 2.75) is 19.3 Å². The van der Waals surface area contributed by atoms with Crippen LogP contribution < -0.4 is 0 Å². The first kappa shape index (κ1) is 9.53. The van der Waals surface area contributed by atoms with Crippen LogP contribution in [0, 0.1) is 12.8 Å². The molecule has 1 aliphatic rings. The number of aryl methyl sites for hydroxylation is 1. The van der Waals surface area contributed by atoms with Gasteiger partial charge >= 0.3 is 5.97 Å². The molecule has 1 N–H and O–H groups in total. The van der Waals surface area contributed by atoms with E-state index in [0.717, 1.165) is 17.5 Å². The maximum atomic E-state index is 10.7. The number of halogens is 1. The summed E-state index contributed by atoms with van der Waals surface area (Å²) in [6.07, 6.45) is 0.722. The average molecular weight is 211 g/mol. The Kier molecular flexibility index (Phi) is 2.23. The average Bonchev–Trinajstić information content (AvgIpc) is 2.83. The molecule has 0 saturated heterocycles. The fraction of sp³-hybridized carbons (Fsp3) is 0.364. The number of benzene rings is 1. The highest BCUT2D eigenvalue weighted by Crippen LogP contribution is 2.50. The minimum atomic E-state index is -0.714. The van der Waals surface area contributed by atoms with Gasteiger partial charge in [-0.3, -0.25) is 4.79 Å². The highest BCUT2D eigenvalue weighted by Gasteiger charge is 2.45. The topological polar surface area (TPSA) is 37.3 Å². The van der Waals surface area contributed by atoms with Gasteiger partial charge in [-0.15, -0.1) is 0 Å². The molecule has 1 aromatic rings. The Hall–Kier alpha value is -1.02. The quantitative estimate of drug-likeness (QED) is 0.815. The summed E-state index contributed by atoms with van der Waals surface area (Å²) in [6, 6.07) is 5.68. The smallest absolute Gasteiger partial charge is 0.307 e. The van der Waals surface area contributed by atoms with E-state index in [0.29, 0.717) is 5.02 Å². The number of carboxylic acid groups (broad SMARTS) is 1. The summed E-state index contributed by atoms with van der Waals surface area (Å²) in [4.78, 5) is 10.7. The number of hydrogen-bond acceptors (Lipinski definition) is 1. The highest BCUT2D eigenvalue weighted by molar-refractivity contribution is 6.31. The summed E-state index contributed by atoms with van der Waals surface area (Å²) in [6.45, 7) is 1.97. The van der Waals surface area contributed by atoms with Crippen molar-refractivity contribution >= 4 is 17.6 Å². The Morgan fingerprint density at radius 3 is 2.79 bits per heavy atom. The number of hydrogen-bond donors (Lipinski definition) is 1. The molecular formula is C11H11ClO2. The number of aliphatic carboxylic acids is 1. The van der Waals surface area contributed by atoms with Gasteiger partial charge < -0.3 is 5.11 Å². The van der Waals surface area contributed by atoms with Gasteiger partial charge in [0.2, 0.25) is 0 Å². The molecule has 0 amide bonds. The summed E-state index contributed by atoms with van der Waals surface area (Å²) < 4.78 is 0. The molecule has 2 nitrogen and oxygen atoms in total. The summed E-state index contributed by atoms with van der Waals surface area (Å²) in [5.74, 6) is -0.816. The minimum Gasteiger partial charge on any atom is -0.481 e. The Bertz CT molecular complexity index is 367. The maximum Gasteiger partial charge on any atom is 0.307 e. The molecule has 0 bridgehead atoms. The van der Waals surface area contributed by atoms with E-state index in [1.807, 2.05) is 25.1 Å². The number of carboxylic acids is 1. The molecule has 1 saturated carbocycles. The second kappa shape index (κ2) is 3.28. The standard InChI is InChI=1S/C11H11ClO2/c1-6-3-2-4-9(12)10(6)7-5-8(7)11(13)14/h2-4,7-8H,5H2,1H3,(H,13,14). The van der Waals surface area contributed by atoms with Gasteiger partial charge in [-0.1, -0.05) is 23.7 Å². The van der Waals surface area contributed by atoms with E-state index in [-0.39, 0.29) is 11.8 Å². The van der Waals surface area contributed by atoms with E-state index in [9.17, 15) is 4.79 Å². The van der Waals surface area contributed by atoms with E-state index in [1.165, 1.54) is 0 Å². The van der Waals surface area contributed by atoms with Crippen molar-refractivity contribution in [3.63, 3.8) is 0 Å². The highest BCUT2D eigenvalue weighted by atomic mass is 35.5. The first-order valence-electron chi connectivity index (χ1n) is 4.59. The second-order valence-electron chi connectivity index (χ2n) is 3.76. The van der Waals surface area contributed by atoms with Crippen LogP contribution in [0.3, 0.4) is 0 Å². The van der Waals surface area contributed by atoms with Gasteiger partial charge in [-0.05, 0) is 36.5 Å². The van der Waals surface area contributed by atoms with Crippen molar-refractivity contribution in [2.24, 2.45) is 5.92 Å². The molecule has 0 heterocycles. The van der Waals surface area contributed by atoms with Crippen LogP contribution >= 0.6 is 11.6 Å². The van der Waals surface area contributed by atoms with Gasteiger partial charge in [0.1, 0.15) is 0 Å². The fourth-order valence-electron chi connectivity index (χ4n) is 1.90. The summed E-state index contributed by atoms with van der Waals surface area (Å²) >= 11 is 6.04. The van der Waals surface area contributed by atoms with Crippen LogP contribution in [0.1, 0.15) is 23.5 Å². The van der Waals surface area contributed by atoms with Crippen molar-refractivity contribution < 1.29 is 9.90 Å². The van der Waals surface area contributed by atoms with Gasteiger partial charge in [0.25, 0.3) is 0 Å². The van der Waals surface area contributed by atoms with E-state index in [1.54, 1.807) is 0 Å². The predicted molar refractivity (Wildman–Crippen MR) is 54.7 cm³/mol. The number of carbonyl (C=O) groups is 1. The zero-order valence-electron chi connectivity index (χ0n) is 7.83. The van der Waals surface area contributed by atoms with Crippen LogP contribution in [-0.4, -0.2) is 11.1 Å². The lowest BCUT2D eigenvalue weighted by atomic mass is 10.0. The van der Waals surface area contributed by atoms with Crippen LogP contribution in [0.5, 0.6) is 0 Å². The number of rotatable bonds is 2. The summed E-state index contributed by atoms with van der Waals surface area (Å²) in [5.41, 5.74) is 2.10. The first-order chi connectivity index (χ1) is 6.61. The zero-order chi connectivity index (χ0) is 10.3. The zero-order valence-corrected chi connectivity index (χ0v) is 8.58. The van der Waals surface area contributed by atoms with Crippen LogP contribution in [0.15, 0.2) is 18.2 Å². The van der Waals surface area contributed by atoms with Gasteiger partial charge in [-0.25, -0.2) is 0 Å². The van der Waals surface area contributed by atoms with Crippen LogP contribution in [0.25, 0.3) is 0 Å². The normalized spacial score (nSPS) is 24.7. The molecule has 3 heteroatoms. The molecule has 0 aliphatic heterocycles. The van der Waals surface area contributed by atoms with Crippen LogP contribution in [-0.2, 0) is 4.79 Å². The van der Waals surface area contributed by atoms with Crippen LogP contribution in [0.4, 0.5) is 0 Å². The second-order valence-corrected chi connectivity index (χ2v) is 4.16. The summed E-state index contributed by atoms with van der Waals surface area (Å²) in [7, 11) is 0. The first-order valence-corrected chi connectivity index (χ1v) is 4.97. The van der Waals surface area contributed by atoms with Gasteiger partial charge in [-0.2, -0.15) is 0 Å². The van der Waals surface area contributed by atoms with Crippen molar-refractivity contribution in [3.05, 3.63) is 34.3 Å². The monoisotopic (exact) mass is 210 g/mol. The van der Waals surface area contributed by atoms with Crippen molar-refractivity contribution in [3.8, 4) is 0 Å². The molecular weight excluding hydrogens is 200 g/mol. The molecule has 1 aromatic carbocycles. The molecule has 2 rings (SSSR count). The lowest BCUT2D eigenvalue weighted by Gasteiger charge is -2.06. The third-order valence-electron chi connectivity index (χ3n) is 2.75. The molecule has 0 spiro atoms. The van der Waals surface area contributed by atoms with Gasteiger partial charge in [0.05, 0.1) is 5.92 Å². The van der Waals surface area contributed by atoms with Gasteiger partial charge in [0.15, 0.2) is 0 Å². The minimum absolute atomic E-state index is 0.126. The largest absolute Gasteiger partial charge is 0.481 e. The molecule has 0 radical (unpaired) electrons. The van der Waals surface area contributed by atoms with E-state index in [2.05, 4.69) is 0 Å². The Morgan fingerprint density at radius 1 is 1.57 bits per heavy atom. The Morgan fingerprint density at radius 2 is 2.29 bits per heavy atom. The molecule has 14 heavy (non-hydrogen) atoms. The fourth-order valence-corrected chi connectivity index (χ4v) is 2.26. The maximum absolute atomic E-state index is 10.7. The molecule has 2 atom stereocenters. The van der Waals surface area contributed by atoms with Gasteiger partial charge in [0, 0.05) is 5.02 Å². The third kappa shape index (κ3) is 1.50. The molecule has 0 aromatic heterocycles. The molecule has 1 aliphatic carbocycles. The predicted octanol–water partition coefficient (Wildman–Crippen LogP) is 2.84. The summed E-state index contributed by atoms with van der Waals surface area (Å²) in [5, 5.41) is 9.52. The third-order valence-corrected chi connectivity index (χ3v) is 3.08. The van der Waals surface area contributed by atoms with E-state index in [4.69, 9.17) is 16.7 Å². The molecule has 2 unspecified atom stereocenters. The lowest BCUT2D eigenvalue weighted by molar-refractivity contribution is -0.138. The molecule has 74 valence electrons. The molecule has 1 fully saturated rings. The van der Waals surface area contributed by atoms with Crippen LogP contribution in [0.2, 0.25) is 5.02 Å². The van der Waals surface area contributed by atoms with E-state index < -0.39 is 5.97 Å². The van der Waals surface area contributed by atoms with Crippen molar-refractivity contribution in [1.29, 1.82) is 0 Å². The Labute approximate surface area is 87.5 Å². The Balaban J connectivity index is 2.31.